The van der Waals surface area contributed by atoms with Gasteiger partial charge in [-0.3, -0.25) is 0 Å². The van der Waals surface area contributed by atoms with Crippen LogP contribution in [0.2, 0.25) is 0 Å². The van der Waals surface area contributed by atoms with E-state index >= 15 is 0 Å². The topological polar surface area (TPSA) is 32.3 Å². The van der Waals surface area contributed by atoms with Gasteiger partial charge < -0.3 is 10.4 Å². The first kappa shape index (κ1) is 12.5. The highest BCUT2D eigenvalue weighted by Gasteiger charge is 2.20. The molecule has 2 unspecified atom stereocenters. The van der Waals surface area contributed by atoms with Gasteiger partial charge in [0.2, 0.25) is 0 Å². The Kier molecular flexibility index (Phi) is 4.07. The first-order valence-electron chi connectivity index (χ1n) is 6.01. The third-order valence-electron chi connectivity index (χ3n) is 3.28. The van der Waals surface area contributed by atoms with Gasteiger partial charge in [0.25, 0.3) is 0 Å². The monoisotopic (exact) mass is 241 g/mol. The molecule has 0 aliphatic heterocycles. The van der Waals surface area contributed by atoms with Crippen molar-refractivity contribution < 1.29 is 13.9 Å². The molecule has 2 rings (SSSR count). The zero-order chi connectivity index (χ0) is 12.3. The molecule has 4 heteroatoms. The lowest BCUT2D eigenvalue weighted by molar-refractivity contribution is 0.111. The SMILES string of the molecule is OC1CCCC(NCc2c(F)cccc2F)C1. The minimum Gasteiger partial charge on any atom is -0.393 e. The van der Waals surface area contributed by atoms with Crippen LogP contribution >= 0.6 is 0 Å². The summed E-state index contributed by atoms with van der Waals surface area (Å²) < 4.78 is 26.7. The van der Waals surface area contributed by atoms with Gasteiger partial charge in [0.1, 0.15) is 11.6 Å². The quantitative estimate of drug-likeness (QED) is 0.851. The van der Waals surface area contributed by atoms with Crippen molar-refractivity contribution in [1.82, 2.24) is 5.32 Å². The maximum absolute atomic E-state index is 13.4. The molecular weight excluding hydrogens is 224 g/mol. The predicted molar refractivity (Wildman–Crippen MR) is 61.5 cm³/mol. The van der Waals surface area contributed by atoms with Crippen LogP contribution in [0, 0.1) is 11.6 Å². The molecule has 2 nitrogen and oxygen atoms in total. The van der Waals surface area contributed by atoms with Crippen LogP contribution in [0.4, 0.5) is 8.78 Å². The fourth-order valence-electron chi connectivity index (χ4n) is 2.30. The smallest absolute Gasteiger partial charge is 0.130 e. The summed E-state index contributed by atoms with van der Waals surface area (Å²) >= 11 is 0. The lowest BCUT2D eigenvalue weighted by atomic mass is 9.93. The van der Waals surface area contributed by atoms with Crippen molar-refractivity contribution in [1.29, 1.82) is 0 Å². The fourth-order valence-corrected chi connectivity index (χ4v) is 2.30. The van der Waals surface area contributed by atoms with Crippen molar-refractivity contribution in [2.24, 2.45) is 0 Å². The molecule has 0 spiro atoms. The Labute approximate surface area is 99.7 Å². The summed E-state index contributed by atoms with van der Waals surface area (Å²) in [5.74, 6) is -1.04. The van der Waals surface area contributed by atoms with Crippen LogP contribution in [0.3, 0.4) is 0 Å². The first-order chi connectivity index (χ1) is 8.16. The Hall–Kier alpha value is -1.00. The molecule has 0 radical (unpaired) electrons. The Morgan fingerprint density at radius 2 is 1.94 bits per heavy atom. The number of nitrogens with one attached hydrogen (secondary N) is 1. The van der Waals surface area contributed by atoms with E-state index in [0.717, 1.165) is 19.3 Å². The fraction of sp³-hybridized carbons (Fsp3) is 0.538. The zero-order valence-corrected chi connectivity index (χ0v) is 9.63. The molecule has 2 N–H and O–H groups in total. The molecule has 0 bridgehead atoms. The van der Waals surface area contributed by atoms with E-state index < -0.39 is 11.6 Å². The van der Waals surface area contributed by atoms with E-state index in [1.165, 1.54) is 18.2 Å². The van der Waals surface area contributed by atoms with Crippen LogP contribution in [0.1, 0.15) is 31.2 Å². The highest BCUT2D eigenvalue weighted by molar-refractivity contribution is 5.19. The number of benzene rings is 1. The molecule has 94 valence electrons. The van der Waals surface area contributed by atoms with Gasteiger partial charge in [-0.15, -0.1) is 0 Å². The molecule has 0 amide bonds. The molecule has 0 aromatic heterocycles. The van der Waals surface area contributed by atoms with Gasteiger partial charge in [0.05, 0.1) is 6.10 Å². The summed E-state index contributed by atoms with van der Waals surface area (Å²) in [7, 11) is 0. The van der Waals surface area contributed by atoms with Crippen LogP contribution in [0.15, 0.2) is 18.2 Å². The molecular formula is C13H17F2NO. The standard InChI is InChI=1S/C13H17F2NO/c14-12-5-2-6-13(15)11(12)8-16-9-3-1-4-10(17)7-9/h2,5-6,9-10,16-17H,1,3-4,7-8H2. The Morgan fingerprint density at radius 3 is 2.59 bits per heavy atom. The minimum atomic E-state index is -0.520. The van der Waals surface area contributed by atoms with E-state index in [-0.39, 0.29) is 24.3 Å². The molecule has 17 heavy (non-hydrogen) atoms. The van der Waals surface area contributed by atoms with Crippen LogP contribution in [0.5, 0.6) is 0 Å². The van der Waals surface area contributed by atoms with Gasteiger partial charge >= 0.3 is 0 Å². The first-order valence-corrected chi connectivity index (χ1v) is 6.01. The molecule has 2 atom stereocenters. The van der Waals surface area contributed by atoms with Crippen LogP contribution < -0.4 is 5.32 Å². The van der Waals surface area contributed by atoms with Gasteiger partial charge in [-0.25, -0.2) is 8.78 Å². The summed E-state index contributed by atoms with van der Waals surface area (Å²) in [6, 6.07) is 4.03. The van der Waals surface area contributed by atoms with Crippen molar-refractivity contribution in [3.05, 3.63) is 35.4 Å². The molecule has 1 fully saturated rings. The van der Waals surface area contributed by atoms with Crippen molar-refractivity contribution in [2.45, 2.75) is 44.4 Å². The van der Waals surface area contributed by atoms with E-state index in [4.69, 9.17) is 0 Å². The lowest BCUT2D eigenvalue weighted by Crippen LogP contribution is -2.35. The summed E-state index contributed by atoms with van der Waals surface area (Å²) in [6.07, 6.45) is 3.11. The predicted octanol–water partition coefficient (Wildman–Crippen LogP) is 2.36. The second kappa shape index (κ2) is 5.56. The average Bonchev–Trinajstić information content (AvgIpc) is 2.28. The highest BCUT2D eigenvalue weighted by Crippen LogP contribution is 2.19. The maximum atomic E-state index is 13.4. The average molecular weight is 241 g/mol. The van der Waals surface area contributed by atoms with Gasteiger partial charge in [-0.2, -0.15) is 0 Å². The molecule has 0 heterocycles. The number of halogens is 2. The third kappa shape index (κ3) is 3.23. The Morgan fingerprint density at radius 1 is 1.24 bits per heavy atom. The second-order valence-electron chi connectivity index (χ2n) is 4.60. The van der Waals surface area contributed by atoms with Crippen LogP contribution in [0.25, 0.3) is 0 Å². The molecule has 1 aromatic rings. The molecule has 1 aliphatic rings. The molecule has 1 aliphatic carbocycles. The van der Waals surface area contributed by atoms with Crippen molar-refractivity contribution in [2.75, 3.05) is 0 Å². The van der Waals surface area contributed by atoms with Gasteiger partial charge in [-0.05, 0) is 37.8 Å². The number of aliphatic hydroxyl groups excluding tert-OH is 1. The number of hydrogen-bond donors (Lipinski definition) is 2. The van der Waals surface area contributed by atoms with Crippen LogP contribution in [-0.2, 0) is 6.54 Å². The molecule has 1 aromatic carbocycles. The van der Waals surface area contributed by atoms with Crippen LogP contribution in [-0.4, -0.2) is 17.3 Å². The zero-order valence-electron chi connectivity index (χ0n) is 9.63. The summed E-state index contributed by atoms with van der Waals surface area (Å²) in [5.41, 5.74) is 0.0764. The molecule has 0 saturated heterocycles. The lowest BCUT2D eigenvalue weighted by Gasteiger charge is -2.26. The normalized spacial score (nSPS) is 24.9. The third-order valence-corrected chi connectivity index (χ3v) is 3.28. The largest absolute Gasteiger partial charge is 0.393 e. The minimum absolute atomic E-state index is 0.0764. The van der Waals surface area contributed by atoms with Gasteiger partial charge in [-0.1, -0.05) is 6.07 Å². The highest BCUT2D eigenvalue weighted by atomic mass is 19.1. The van der Waals surface area contributed by atoms with E-state index in [9.17, 15) is 13.9 Å². The van der Waals surface area contributed by atoms with E-state index in [1.807, 2.05) is 0 Å². The summed E-state index contributed by atoms with van der Waals surface area (Å²) in [4.78, 5) is 0. The Bertz CT molecular complexity index is 363. The van der Waals surface area contributed by atoms with Crippen molar-refractivity contribution >= 4 is 0 Å². The number of hydrogen-bond acceptors (Lipinski definition) is 2. The Balaban J connectivity index is 1.93. The van der Waals surface area contributed by atoms with E-state index in [0.29, 0.717) is 6.42 Å². The number of aliphatic hydroxyl groups is 1. The summed E-state index contributed by atoms with van der Waals surface area (Å²) in [5, 5.41) is 12.6. The van der Waals surface area contributed by atoms with Gasteiger partial charge in [0, 0.05) is 18.2 Å². The number of rotatable bonds is 3. The second-order valence-corrected chi connectivity index (χ2v) is 4.60. The summed E-state index contributed by atoms with van der Waals surface area (Å²) in [6.45, 7) is 0.176. The maximum Gasteiger partial charge on any atom is 0.130 e. The van der Waals surface area contributed by atoms with Gasteiger partial charge in [0.15, 0.2) is 0 Å². The van der Waals surface area contributed by atoms with Crippen molar-refractivity contribution in [3.63, 3.8) is 0 Å². The molecule has 1 saturated carbocycles. The van der Waals surface area contributed by atoms with E-state index in [1.54, 1.807) is 0 Å². The van der Waals surface area contributed by atoms with E-state index in [2.05, 4.69) is 5.32 Å². The van der Waals surface area contributed by atoms with Crippen molar-refractivity contribution in [3.8, 4) is 0 Å².